The molecule has 1 N–H and O–H groups in total. The molecule has 6 nitrogen and oxygen atoms in total. The number of rotatable bonds is 15. The Morgan fingerprint density at radius 1 is 0.850 bits per heavy atom. The fraction of sp³-hybridized carbons (Fsp3) is 0.394. The predicted molar refractivity (Wildman–Crippen MR) is 156 cm³/mol. The van der Waals surface area contributed by atoms with Gasteiger partial charge >= 0.3 is 0 Å². The van der Waals surface area contributed by atoms with Crippen LogP contribution < -0.4 is 14.8 Å². The number of hydrogen-bond donors (Lipinski definition) is 1. The normalized spacial score (nSPS) is 12.3. The van der Waals surface area contributed by atoms with Gasteiger partial charge in [0, 0.05) is 25.4 Å². The number of carbonyl (C=O) groups is 2. The molecular weight excluding hydrogens is 507 g/mol. The molecule has 0 saturated heterocycles. The van der Waals surface area contributed by atoms with Crippen molar-refractivity contribution in [1.29, 1.82) is 0 Å². The topological polar surface area (TPSA) is 67.9 Å². The van der Waals surface area contributed by atoms with Crippen molar-refractivity contribution in [2.45, 2.75) is 72.0 Å². The van der Waals surface area contributed by atoms with Crippen molar-refractivity contribution in [3.63, 3.8) is 0 Å². The monoisotopic (exact) mass is 548 g/mol. The van der Waals surface area contributed by atoms with Crippen molar-refractivity contribution in [2.24, 2.45) is 0 Å². The lowest BCUT2D eigenvalue weighted by molar-refractivity contribution is -0.141. The zero-order valence-corrected chi connectivity index (χ0v) is 24.0. The third-order valence-corrected chi connectivity index (χ3v) is 6.77. The Bertz CT molecular complexity index is 1220. The van der Waals surface area contributed by atoms with Gasteiger partial charge in [0.15, 0.2) is 11.5 Å². The zero-order valence-electron chi connectivity index (χ0n) is 24.0. The first kappa shape index (κ1) is 30.7. The lowest BCUT2D eigenvalue weighted by atomic mass is 10.0. The van der Waals surface area contributed by atoms with Gasteiger partial charge in [0.05, 0.1) is 13.2 Å². The van der Waals surface area contributed by atoms with Gasteiger partial charge in [0.25, 0.3) is 0 Å². The smallest absolute Gasteiger partial charge is 0.243 e. The summed E-state index contributed by atoms with van der Waals surface area (Å²) in [4.78, 5) is 29.1. The minimum atomic E-state index is -0.728. The average molecular weight is 549 g/mol. The Balaban J connectivity index is 1.90. The van der Waals surface area contributed by atoms with Crippen molar-refractivity contribution in [3.05, 3.63) is 95.3 Å². The molecule has 0 spiro atoms. The van der Waals surface area contributed by atoms with E-state index in [1.165, 1.54) is 12.1 Å². The number of benzene rings is 3. The van der Waals surface area contributed by atoms with E-state index < -0.39 is 6.04 Å². The third-order valence-electron chi connectivity index (χ3n) is 6.77. The maximum atomic E-state index is 13.9. The van der Waals surface area contributed by atoms with Crippen molar-refractivity contribution < 1.29 is 23.5 Å². The first-order valence-electron chi connectivity index (χ1n) is 14.1. The van der Waals surface area contributed by atoms with Gasteiger partial charge in [-0.2, -0.15) is 0 Å². The number of nitrogens with one attached hydrogen (secondary N) is 1. The minimum absolute atomic E-state index is 0.0330. The second-order valence-corrected chi connectivity index (χ2v) is 9.82. The van der Waals surface area contributed by atoms with Gasteiger partial charge in [0.2, 0.25) is 11.8 Å². The molecule has 40 heavy (non-hydrogen) atoms. The summed E-state index contributed by atoms with van der Waals surface area (Å²) in [6.45, 7) is 9.01. The van der Waals surface area contributed by atoms with Crippen LogP contribution in [0.25, 0.3) is 0 Å². The van der Waals surface area contributed by atoms with E-state index in [1.807, 2.05) is 76.2 Å². The van der Waals surface area contributed by atoms with Crippen LogP contribution in [0.15, 0.2) is 72.8 Å². The van der Waals surface area contributed by atoms with Gasteiger partial charge in [0.1, 0.15) is 11.9 Å². The summed E-state index contributed by atoms with van der Waals surface area (Å²) in [5.41, 5.74) is 2.64. The van der Waals surface area contributed by atoms with Gasteiger partial charge in [-0.1, -0.05) is 55.5 Å². The van der Waals surface area contributed by atoms with E-state index in [4.69, 9.17) is 9.47 Å². The maximum Gasteiger partial charge on any atom is 0.243 e. The molecule has 0 fully saturated rings. The highest BCUT2D eigenvalue weighted by atomic mass is 19.1. The van der Waals surface area contributed by atoms with Crippen LogP contribution in [0.1, 0.15) is 57.2 Å². The molecule has 0 saturated carbocycles. The molecule has 0 unspecified atom stereocenters. The van der Waals surface area contributed by atoms with Crippen LogP contribution >= 0.6 is 0 Å². The van der Waals surface area contributed by atoms with Crippen molar-refractivity contribution >= 4 is 11.8 Å². The number of aryl methyl sites for hydroxylation is 1. The Hall–Kier alpha value is -3.87. The lowest BCUT2D eigenvalue weighted by Gasteiger charge is -2.32. The van der Waals surface area contributed by atoms with Crippen molar-refractivity contribution in [1.82, 2.24) is 10.2 Å². The molecule has 0 bridgehead atoms. The molecule has 0 aliphatic carbocycles. The molecule has 2 amide bonds. The number of amides is 2. The Kier molecular flexibility index (Phi) is 12.0. The maximum absolute atomic E-state index is 13.9. The molecule has 0 radical (unpaired) electrons. The van der Waals surface area contributed by atoms with Gasteiger partial charge in [-0.05, 0) is 74.6 Å². The van der Waals surface area contributed by atoms with Gasteiger partial charge in [-0.3, -0.25) is 9.59 Å². The van der Waals surface area contributed by atoms with E-state index in [2.05, 4.69) is 5.32 Å². The molecule has 3 aromatic rings. The average Bonchev–Trinajstić information content (AvgIpc) is 2.96. The number of hydrogen-bond acceptors (Lipinski definition) is 4. The zero-order chi connectivity index (χ0) is 28.9. The highest BCUT2D eigenvalue weighted by Gasteiger charge is 2.30. The summed E-state index contributed by atoms with van der Waals surface area (Å²) in [7, 11) is 0. The summed E-state index contributed by atoms with van der Waals surface area (Å²) in [5.74, 6) is 0.608. The van der Waals surface area contributed by atoms with E-state index in [-0.39, 0.29) is 36.6 Å². The first-order chi connectivity index (χ1) is 19.3. The van der Waals surface area contributed by atoms with Gasteiger partial charge < -0.3 is 19.7 Å². The number of ether oxygens (including phenoxy) is 2. The molecule has 7 heteroatoms. The molecule has 2 atom stereocenters. The fourth-order valence-electron chi connectivity index (χ4n) is 4.43. The Morgan fingerprint density at radius 3 is 2.15 bits per heavy atom. The number of halogens is 1. The number of nitrogens with zero attached hydrogens (tertiary/aromatic N) is 1. The van der Waals surface area contributed by atoms with E-state index in [0.717, 1.165) is 23.1 Å². The molecule has 0 aromatic heterocycles. The van der Waals surface area contributed by atoms with Crippen molar-refractivity contribution in [3.8, 4) is 11.5 Å². The first-order valence-corrected chi connectivity index (χ1v) is 14.1. The largest absolute Gasteiger partial charge is 0.490 e. The Morgan fingerprint density at radius 2 is 1.50 bits per heavy atom. The molecule has 214 valence electrons. The SMILES string of the molecule is CCOc1ccc(CCC(=O)N(Cc2ccc(F)cc2)[C@@H](Cc2ccccc2)C(=O)N[C@@H](C)CC)cc1OCC. The minimum Gasteiger partial charge on any atom is -0.490 e. The van der Waals surface area contributed by atoms with Crippen LogP contribution in [0.4, 0.5) is 4.39 Å². The summed E-state index contributed by atoms with van der Waals surface area (Å²) in [6, 6.07) is 20.7. The Labute approximate surface area is 237 Å². The van der Waals surface area contributed by atoms with Gasteiger partial charge in [-0.25, -0.2) is 4.39 Å². The van der Waals surface area contributed by atoms with Gasteiger partial charge in [-0.15, -0.1) is 0 Å². The second-order valence-electron chi connectivity index (χ2n) is 9.82. The second kappa shape index (κ2) is 15.7. The van der Waals surface area contributed by atoms with Crippen LogP contribution in [0, 0.1) is 5.82 Å². The molecular formula is C33H41FN2O4. The van der Waals surface area contributed by atoms with Crippen LogP contribution in [-0.2, 0) is 29.0 Å². The molecule has 0 heterocycles. The molecule has 3 rings (SSSR count). The van der Waals surface area contributed by atoms with E-state index >= 15 is 0 Å². The van der Waals surface area contributed by atoms with Crippen LogP contribution in [0.2, 0.25) is 0 Å². The summed E-state index contributed by atoms with van der Waals surface area (Å²) in [5, 5.41) is 3.07. The van der Waals surface area contributed by atoms with Crippen molar-refractivity contribution in [2.75, 3.05) is 13.2 Å². The fourth-order valence-corrected chi connectivity index (χ4v) is 4.43. The molecule has 0 aliphatic rings. The molecule has 3 aromatic carbocycles. The van der Waals surface area contributed by atoms with Crippen LogP contribution in [0.3, 0.4) is 0 Å². The highest BCUT2D eigenvalue weighted by Crippen LogP contribution is 2.29. The summed E-state index contributed by atoms with van der Waals surface area (Å²) >= 11 is 0. The van der Waals surface area contributed by atoms with Crippen LogP contribution in [0.5, 0.6) is 11.5 Å². The molecule has 0 aliphatic heterocycles. The van der Waals surface area contributed by atoms with Crippen LogP contribution in [-0.4, -0.2) is 42.0 Å². The standard InChI is InChI=1S/C33H41FN2O4/c1-5-24(4)35-33(38)29(21-25-11-9-8-10-12-25)36(23-27-13-17-28(34)18-14-27)32(37)20-16-26-15-19-30(39-6-2)31(22-26)40-7-3/h8-15,17-19,22,24,29H,5-7,16,20-21,23H2,1-4H3,(H,35,38)/t24-,29-/m0/s1. The van der Waals surface area contributed by atoms with E-state index in [1.54, 1.807) is 17.0 Å². The van der Waals surface area contributed by atoms with E-state index in [9.17, 15) is 14.0 Å². The highest BCUT2D eigenvalue weighted by molar-refractivity contribution is 5.88. The predicted octanol–water partition coefficient (Wildman–Crippen LogP) is 6.11. The quantitative estimate of drug-likeness (QED) is 0.249. The third kappa shape index (κ3) is 9.11. The lowest BCUT2D eigenvalue weighted by Crippen LogP contribution is -2.52. The summed E-state index contributed by atoms with van der Waals surface area (Å²) < 4.78 is 25.1. The van der Waals surface area contributed by atoms with E-state index in [0.29, 0.717) is 37.6 Å². The number of carbonyl (C=O) groups excluding carboxylic acids is 2. The summed E-state index contributed by atoms with van der Waals surface area (Å²) in [6.07, 6.45) is 1.81.